The van der Waals surface area contributed by atoms with Crippen molar-refractivity contribution in [3.63, 3.8) is 0 Å². The van der Waals surface area contributed by atoms with Crippen LogP contribution in [0.25, 0.3) is 0 Å². The van der Waals surface area contributed by atoms with Gasteiger partial charge >= 0.3 is 0 Å². The molecular formula is C11H14N2S. The summed E-state index contributed by atoms with van der Waals surface area (Å²) in [5.41, 5.74) is 6.80. The highest BCUT2D eigenvalue weighted by Crippen LogP contribution is 2.12. The highest BCUT2D eigenvalue weighted by molar-refractivity contribution is 7.98. The third kappa shape index (κ3) is 4.31. The maximum Gasteiger partial charge on any atom is 0.0935 e. The standard InChI is InChI=1S/C11H14N2S/c12-8-11(13)6-7-14-9-10-4-2-1-3-5-10/h1-5,11H,6-7,9,13H2. The minimum absolute atomic E-state index is 0.307. The molecule has 0 aliphatic heterocycles. The van der Waals surface area contributed by atoms with E-state index in [1.54, 1.807) is 0 Å². The Morgan fingerprint density at radius 1 is 1.36 bits per heavy atom. The van der Waals surface area contributed by atoms with Crippen molar-refractivity contribution in [2.75, 3.05) is 5.75 Å². The van der Waals surface area contributed by atoms with Crippen molar-refractivity contribution in [3.8, 4) is 6.07 Å². The van der Waals surface area contributed by atoms with Crippen LogP contribution >= 0.6 is 11.8 Å². The van der Waals surface area contributed by atoms with Gasteiger partial charge in [0.1, 0.15) is 0 Å². The Labute approximate surface area is 89.1 Å². The van der Waals surface area contributed by atoms with E-state index in [1.165, 1.54) is 5.56 Å². The molecule has 0 bridgehead atoms. The van der Waals surface area contributed by atoms with Gasteiger partial charge in [0.05, 0.1) is 12.1 Å². The van der Waals surface area contributed by atoms with E-state index in [9.17, 15) is 0 Å². The van der Waals surface area contributed by atoms with E-state index >= 15 is 0 Å². The first kappa shape index (κ1) is 11.1. The quantitative estimate of drug-likeness (QED) is 0.751. The Kier molecular flexibility index (Phi) is 5.13. The largest absolute Gasteiger partial charge is 0.316 e. The lowest BCUT2D eigenvalue weighted by molar-refractivity contribution is 0.803. The molecule has 0 aliphatic carbocycles. The minimum atomic E-state index is -0.307. The average Bonchev–Trinajstić information content (AvgIpc) is 2.25. The highest BCUT2D eigenvalue weighted by atomic mass is 32.2. The molecule has 0 fully saturated rings. The van der Waals surface area contributed by atoms with Crippen LogP contribution in [-0.4, -0.2) is 11.8 Å². The van der Waals surface area contributed by atoms with Crippen LogP contribution in [0.15, 0.2) is 30.3 Å². The van der Waals surface area contributed by atoms with Gasteiger partial charge in [0, 0.05) is 5.75 Å². The third-order valence-corrected chi connectivity index (χ3v) is 2.91. The van der Waals surface area contributed by atoms with Crippen molar-refractivity contribution < 1.29 is 0 Å². The smallest absolute Gasteiger partial charge is 0.0935 e. The average molecular weight is 206 g/mol. The molecular weight excluding hydrogens is 192 g/mol. The van der Waals surface area contributed by atoms with Crippen LogP contribution in [0.2, 0.25) is 0 Å². The lowest BCUT2D eigenvalue weighted by Crippen LogP contribution is -2.17. The first-order valence-electron chi connectivity index (χ1n) is 4.60. The topological polar surface area (TPSA) is 49.8 Å². The van der Waals surface area contributed by atoms with Crippen LogP contribution in [0.4, 0.5) is 0 Å². The number of nitrogens with two attached hydrogens (primary N) is 1. The van der Waals surface area contributed by atoms with Gasteiger partial charge in [-0.25, -0.2) is 0 Å². The van der Waals surface area contributed by atoms with E-state index in [0.29, 0.717) is 0 Å². The van der Waals surface area contributed by atoms with Crippen LogP contribution in [0.5, 0.6) is 0 Å². The summed E-state index contributed by atoms with van der Waals surface area (Å²) in [5.74, 6) is 1.95. The van der Waals surface area contributed by atoms with Gasteiger partial charge in [-0.15, -0.1) is 0 Å². The molecule has 0 spiro atoms. The fourth-order valence-electron chi connectivity index (χ4n) is 1.04. The predicted molar refractivity (Wildman–Crippen MR) is 60.8 cm³/mol. The summed E-state index contributed by atoms with van der Waals surface area (Å²) in [6.07, 6.45) is 0.772. The Bertz CT molecular complexity index is 292. The van der Waals surface area contributed by atoms with E-state index in [1.807, 2.05) is 36.0 Å². The van der Waals surface area contributed by atoms with Crippen molar-refractivity contribution in [3.05, 3.63) is 35.9 Å². The Hall–Kier alpha value is -0.980. The molecule has 0 aliphatic rings. The van der Waals surface area contributed by atoms with Crippen molar-refractivity contribution in [2.45, 2.75) is 18.2 Å². The lowest BCUT2D eigenvalue weighted by Gasteiger charge is -2.02. The molecule has 1 aromatic carbocycles. The molecule has 1 atom stereocenters. The summed E-state index contributed by atoms with van der Waals surface area (Å²) in [6, 6.07) is 12.0. The normalized spacial score (nSPS) is 12.0. The molecule has 1 aromatic rings. The third-order valence-electron chi connectivity index (χ3n) is 1.85. The minimum Gasteiger partial charge on any atom is -0.316 e. The number of rotatable bonds is 5. The van der Waals surface area contributed by atoms with Crippen LogP contribution < -0.4 is 5.73 Å². The molecule has 0 aromatic heterocycles. The van der Waals surface area contributed by atoms with Gasteiger partial charge in [-0.05, 0) is 17.7 Å². The fourth-order valence-corrected chi connectivity index (χ4v) is 2.03. The zero-order valence-electron chi connectivity index (χ0n) is 8.02. The van der Waals surface area contributed by atoms with Gasteiger partial charge in [0.15, 0.2) is 0 Å². The second-order valence-electron chi connectivity index (χ2n) is 3.06. The Morgan fingerprint density at radius 3 is 2.71 bits per heavy atom. The fraction of sp³-hybridized carbons (Fsp3) is 0.364. The van der Waals surface area contributed by atoms with E-state index in [4.69, 9.17) is 11.0 Å². The summed E-state index contributed by atoms with van der Waals surface area (Å²) in [6.45, 7) is 0. The summed E-state index contributed by atoms with van der Waals surface area (Å²) >= 11 is 1.82. The van der Waals surface area contributed by atoms with Crippen LogP contribution in [0.1, 0.15) is 12.0 Å². The Balaban J connectivity index is 2.14. The molecule has 0 saturated heterocycles. The van der Waals surface area contributed by atoms with Gasteiger partial charge in [-0.3, -0.25) is 0 Å². The van der Waals surface area contributed by atoms with Crippen LogP contribution in [-0.2, 0) is 5.75 Å². The molecule has 1 rings (SSSR count). The molecule has 14 heavy (non-hydrogen) atoms. The molecule has 74 valence electrons. The monoisotopic (exact) mass is 206 g/mol. The number of benzene rings is 1. The molecule has 0 heterocycles. The molecule has 3 heteroatoms. The summed E-state index contributed by atoms with van der Waals surface area (Å²) in [5, 5.41) is 8.47. The molecule has 2 nitrogen and oxygen atoms in total. The first-order chi connectivity index (χ1) is 6.83. The number of nitrogens with zero attached hydrogens (tertiary/aromatic N) is 1. The number of hydrogen-bond donors (Lipinski definition) is 1. The van der Waals surface area contributed by atoms with E-state index in [2.05, 4.69) is 12.1 Å². The van der Waals surface area contributed by atoms with E-state index in [-0.39, 0.29) is 6.04 Å². The molecule has 2 N–H and O–H groups in total. The molecule has 1 unspecified atom stereocenters. The second kappa shape index (κ2) is 6.47. The van der Waals surface area contributed by atoms with Crippen LogP contribution in [0.3, 0.4) is 0 Å². The first-order valence-corrected chi connectivity index (χ1v) is 5.75. The van der Waals surface area contributed by atoms with Gasteiger partial charge in [-0.2, -0.15) is 17.0 Å². The van der Waals surface area contributed by atoms with Crippen molar-refractivity contribution in [1.29, 1.82) is 5.26 Å². The van der Waals surface area contributed by atoms with Gasteiger partial charge in [-0.1, -0.05) is 30.3 Å². The van der Waals surface area contributed by atoms with Gasteiger partial charge < -0.3 is 5.73 Å². The molecule has 0 amide bonds. The van der Waals surface area contributed by atoms with E-state index < -0.39 is 0 Å². The number of thioether (sulfide) groups is 1. The van der Waals surface area contributed by atoms with Crippen molar-refractivity contribution in [2.24, 2.45) is 5.73 Å². The Morgan fingerprint density at radius 2 is 2.07 bits per heavy atom. The predicted octanol–water partition coefficient (Wildman–Crippen LogP) is 2.16. The molecule has 0 saturated carbocycles. The van der Waals surface area contributed by atoms with Crippen LogP contribution in [0, 0.1) is 11.3 Å². The molecule has 0 radical (unpaired) electrons. The SMILES string of the molecule is N#CC(N)CCSCc1ccccc1. The van der Waals surface area contributed by atoms with E-state index in [0.717, 1.165) is 17.9 Å². The maximum atomic E-state index is 8.47. The summed E-state index contributed by atoms with van der Waals surface area (Å²) in [7, 11) is 0. The lowest BCUT2D eigenvalue weighted by atomic mass is 10.2. The van der Waals surface area contributed by atoms with Crippen molar-refractivity contribution >= 4 is 11.8 Å². The number of hydrogen-bond acceptors (Lipinski definition) is 3. The summed E-state index contributed by atoms with van der Waals surface area (Å²) < 4.78 is 0. The second-order valence-corrected chi connectivity index (χ2v) is 4.17. The van der Waals surface area contributed by atoms with Crippen molar-refractivity contribution in [1.82, 2.24) is 0 Å². The zero-order valence-corrected chi connectivity index (χ0v) is 8.83. The number of nitriles is 1. The maximum absolute atomic E-state index is 8.47. The van der Waals surface area contributed by atoms with Gasteiger partial charge in [0.2, 0.25) is 0 Å². The highest BCUT2D eigenvalue weighted by Gasteiger charge is 1.99. The van der Waals surface area contributed by atoms with Gasteiger partial charge in [0.25, 0.3) is 0 Å². The summed E-state index contributed by atoms with van der Waals surface area (Å²) in [4.78, 5) is 0. The zero-order chi connectivity index (χ0) is 10.2.